The summed E-state index contributed by atoms with van der Waals surface area (Å²) in [5.41, 5.74) is 2.54. The lowest BCUT2D eigenvalue weighted by Gasteiger charge is -2.09. The SMILES string of the molecule is Cc1ccc(C(=O)Nc2cc(Br)ccc2I)c(Br)c1. The first-order chi connectivity index (χ1) is 8.97. The number of halogens is 3. The van der Waals surface area contributed by atoms with Gasteiger partial charge in [0.15, 0.2) is 0 Å². The minimum absolute atomic E-state index is 0.122. The summed E-state index contributed by atoms with van der Waals surface area (Å²) in [5.74, 6) is -0.122. The molecule has 19 heavy (non-hydrogen) atoms. The summed E-state index contributed by atoms with van der Waals surface area (Å²) in [5, 5.41) is 2.92. The van der Waals surface area contributed by atoms with Gasteiger partial charge in [0.1, 0.15) is 0 Å². The molecule has 0 aromatic heterocycles. The van der Waals surface area contributed by atoms with Gasteiger partial charge in [0, 0.05) is 12.5 Å². The highest BCUT2D eigenvalue weighted by Gasteiger charge is 2.12. The highest BCUT2D eigenvalue weighted by Crippen LogP contribution is 2.25. The largest absolute Gasteiger partial charge is 0.321 e. The molecular formula is C14H10Br2INO. The molecule has 5 heteroatoms. The molecule has 2 nitrogen and oxygen atoms in total. The van der Waals surface area contributed by atoms with Crippen LogP contribution in [-0.2, 0) is 0 Å². The number of carbonyl (C=O) groups excluding carboxylic acids is 1. The van der Waals surface area contributed by atoms with E-state index in [-0.39, 0.29) is 5.91 Å². The molecule has 0 heterocycles. The van der Waals surface area contributed by atoms with Crippen molar-refractivity contribution in [1.29, 1.82) is 0 Å². The molecule has 2 aromatic rings. The smallest absolute Gasteiger partial charge is 0.256 e. The van der Waals surface area contributed by atoms with Gasteiger partial charge in [-0.15, -0.1) is 0 Å². The van der Waals surface area contributed by atoms with Gasteiger partial charge in [0.2, 0.25) is 0 Å². The van der Waals surface area contributed by atoms with Crippen LogP contribution in [0.15, 0.2) is 45.3 Å². The molecule has 2 aromatic carbocycles. The fraction of sp³-hybridized carbons (Fsp3) is 0.0714. The molecule has 98 valence electrons. The van der Waals surface area contributed by atoms with Crippen LogP contribution in [0.2, 0.25) is 0 Å². The van der Waals surface area contributed by atoms with Gasteiger partial charge in [-0.25, -0.2) is 0 Å². The molecule has 0 saturated carbocycles. The van der Waals surface area contributed by atoms with Crippen LogP contribution in [0.3, 0.4) is 0 Å². The lowest BCUT2D eigenvalue weighted by molar-refractivity contribution is 0.102. The Bertz CT molecular complexity index is 643. The van der Waals surface area contributed by atoms with Crippen molar-refractivity contribution in [2.75, 3.05) is 5.32 Å². The van der Waals surface area contributed by atoms with Crippen molar-refractivity contribution >= 4 is 66.0 Å². The van der Waals surface area contributed by atoms with E-state index in [0.29, 0.717) is 5.56 Å². The predicted octanol–water partition coefficient (Wildman–Crippen LogP) is 5.38. The summed E-state index contributed by atoms with van der Waals surface area (Å²) in [6.07, 6.45) is 0. The van der Waals surface area contributed by atoms with Crippen molar-refractivity contribution in [2.45, 2.75) is 6.92 Å². The molecule has 0 bridgehead atoms. The first-order valence-corrected chi connectivity index (χ1v) is 8.16. The number of aryl methyl sites for hydroxylation is 1. The van der Waals surface area contributed by atoms with Crippen molar-refractivity contribution in [3.63, 3.8) is 0 Å². The monoisotopic (exact) mass is 493 g/mol. The van der Waals surface area contributed by atoms with Gasteiger partial charge in [0.25, 0.3) is 5.91 Å². The Hall–Kier alpha value is -0.400. The Kier molecular flexibility index (Phi) is 5.03. The highest BCUT2D eigenvalue weighted by molar-refractivity contribution is 14.1. The van der Waals surface area contributed by atoms with Crippen molar-refractivity contribution in [2.24, 2.45) is 0 Å². The molecule has 2 rings (SSSR count). The number of benzene rings is 2. The average molecular weight is 495 g/mol. The molecule has 0 spiro atoms. The maximum atomic E-state index is 12.2. The molecular weight excluding hydrogens is 485 g/mol. The molecule has 0 aliphatic rings. The van der Waals surface area contributed by atoms with E-state index >= 15 is 0 Å². The van der Waals surface area contributed by atoms with E-state index in [9.17, 15) is 4.79 Å². The fourth-order valence-corrected chi connectivity index (χ4v) is 3.09. The van der Waals surface area contributed by atoms with Gasteiger partial charge in [-0.1, -0.05) is 22.0 Å². The number of nitrogens with one attached hydrogen (secondary N) is 1. The number of carbonyl (C=O) groups is 1. The quantitative estimate of drug-likeness (QED) is 0.558. The summed E-state index contributed by atoms with van der Waals surface area (Å²) in [6.45, 7) is 1.99. The van der Waals surface area contributed by atoms with Gasteiger partial charge in [-0.2, -0.15) is 0 Å². The van der Waals surface area contributed by atoms with Gasteiger partial charge in [-0.3, -0.25) is 4.79 Å². The van der Waals surface area contributed by atoms with Gasteiger partial charge in [-0.05, 0) is 81.3 Å². The van der Waals surface area contributed by atoms with E-state index in [1.54, 1.807) is 0 Å². The average Bonchev–Trinajstić information content (AvgIpc) is 2.33. The van der Waals surface area contributed by atoms with Crippen LogP contribution >= 0.6 is 54.5 Å². The maximum absolute atomic E-state index is 12.2. The van der Waals surface area contributed by atoms with Crippen LogP contribution < -0.4 is 5.32 Å². The third kappa shape index (κ3) is 3.79. The molecule has 1 N–H and O–H groups in total. The molecule has 0 aliphatic carbocycles. The minimum Gasteiger partial charge on any atom is -0.321 e. The summed E-state index contributed by atoms with van der Waals surface area (Å²) >= 11 is 9.02. The first kappa shape index (κ1) is 15.0. The Morgan fingerprint density at radius 1 is 1.16 bits per heavy atom. The van der Waals surface area contributed by atoms with Gasteiger partial charge < -0.3 is 5.32 Å². The summed E-state index contributed by atoms with van der Waals surface area (Å²) in [7, 11) is 0. The third-order valence-corrected chi connectivity index (χ3v) is 4.64. The number of rotatable bonds is 2. The summed E-state index contributed by atoms with van der Waals surface area (Å²) in [6, 6.07) is 11.5. The molecule has 0 aliphatic heterocycles. The molecule has 0 atom stereocenters. The summed E-state index contributed by atoms with van der Waals surface area (Å²) in [4.78, 5) is 12.2. The number of amides is 1. The number of hydrogen-bond donors (Lipinski definition) is 1. The van der Waals surface area contributed by atoms with E-state index in [1.165, 1.54) is 0 Å². The lowest BCUT2D eigenvalue weighted by Crippen LogP contribution is -2.13. The fourth-order valence-electron chi connectivity index (χ4n) is 1.59. The van der Waals surface area contributed by atoms with Crippen molar-refractivity contribution in [3.8, 4) is 0 Å². The van der Waals surface area contributed by atoms with E-state index in [4.69, 9.17) is 0 Å². The predicted molar refractivity (Wildman–Crippen MR) is 93.7 cm³/mol. The van der Waals surface area contributed by atoms with E-state index in [2.05, 4.69) is 59.8 Å². The second-order valence-corrected chi connectivity index (χ2v) is 6.99. The molecule has 0 saturated heterocycles. The second-order valence-electron chi connectivity index (χ2n) is 4.06. The first-order valence-electron chi connectivity index (χ1n) is 5.50. The molecule has 0 radical (unpaired) electrons. The Morgan fingerprint density at radius 2 is 1.89 bits per heavy atom. The normalized spacial score (nSPS) is 10.3. The van der Waals surface area contributed by atoms with Crippen LogP contribution in [0, 0.1) is 10.5 Å². The summed E-state index contributed by atoms with van der Waals surface area (Å²) < 4.78 is 2.73. The minimum atomic E-state index is -0.122. The lowest BCUT2D eigenvalue weighted by atomic mass is 10.1. The van der Waals surface area contributed by atoms with E-state index in [0.717, 1.165) is 23.8 Å². The Balaban J connectivity index is 2.28. The van der Waals surface area contributed by atoms with Crippen LogP contribution in [0.1, 0.15) is 15.9 Å². The zero-order chi connectivity index (χ0) is 14.0. The van der Waals surface area contributed by atoms with Crippen molar-refractivity contribution in [3.05, 3.63) is 60.0 Å². The molecule has 0 fully saturated rings. The standard InChI is InChI=1S/C14H10Br2INO/c1-8-2-4-10(11(16)6-8)14(19)18-13-7-9(15)3-5-12(13)17/h2-7H,1H3,(H,18,19). The third-order valence-electron chi connectivity index (χ3n) is 2.55. The molecule has 0 unspecified atom stereocenters. The number of hydrogen-bond acceptors (Lipinski definition) is 1. The number of anilines is 1. The zero-order valence-corrected chi connectivity index (χ0v) is 15.3. The van der Waals surface area contributed by atoms with Crippen LogP contribution in [-0.4, -0.2) is 5.91 Å². The zero-order valence-electron chi connectivity index (χ0n) is 10.0. The van der Waals surface area contributed by atoms with Crippen molar-refractivity contribution in [1.82, 2.24) is 0 Å². The van der Waals surface area contributed by atoms with Gasteiger partial charge in [0.05, 0.1) is 11.3 Å². The Labute approximate surface area is 142 Å². The van der Waals surface area contributed by atoms with Crippen molar-refractivity contribution < 1.29 is 4.79 Å². The maximum Gasteiger partial charge on any atom is 0.256 e. The molecule has 1 amide bonds. The topological polar surface area (TPSA) is 29.1 Å². The van der Waals surface area contributed by atoms with Crippen LogP contribution in [0.25, 0.3) is 0 Å². The van der Waals surface area contributed by atoms with Gasteiger partial charge >= 0.3 is 0 Å². The van der Waals surface area contributed by atoms with Crippen LogP contribution in [0.5, 0.6) is 0 Å². The van der Waals surface area contributed by atoms with Crippen LogP contribution in [0.4, 0.5) is 5.69 Å². The van der Waals surface area contributed by atoms with E-state index < -0.39 is 0 Å². The van der Waals surface area contributed by atoms with E-state index in [1.807, 2.05) is 43.3 Å². The second kappa shape index (κ2) is 6.37. The highest BCUT2D eigenvalue weighted by atomic mass is 127. The Morgan fingerprint density at radius 3 is 2.58 bits per heavy atom.